The minimum absolute atomic E-state index is 0.0175. The number of alkyl halides is 1. The lowest BCUT2D eigenvalue weighted by atomic mass is 9.81. The van der Waals surface area contributed by atoms with Gasteiger partial charge in [-0.25, -0.2) is 4.98 Å². The van der Waals surface area contributed by atoms with Crippen molar-refractivity contribution in [1.29, 1.82) is 0 Å². The molecule has 0 spiro atoms. The molecule has 1 aromatic carbocycles. The minimum atomic E-state index is 0.0175. The summed E-state index contributed by atoms with van der Waals surface area (Å²) in [6.45, 7) is 13.6. The summed E-state index contributed by atoms with van der Waals surface area (Å²) in [5, 5.41) is 0. The van der Waals surface area contributed by atoms with Crippen LogP contribution < -0.4 is 0 Å². The van der Waals surface area contributed by atoms with Gasteiger partial charge < -0.3 is 4.57 Å². The molecule has 21 heavy (non-hydrogen) atoms. The maximum absolute atomic E-state index is 6.00. The van der Waals surface area contributed by atoms with Gasteiger partial charge in [-0.2, -0.15) is 0 Å². The van der Waals surface area contributed by atoms with Crippen molar-refractivity contribution < 1.29 is 0 Å². The zero-order valence-corrected chi connectivity index (χ0v) is 14.9. The van der Waals surface area contributed by atoms with Crippen molar-refractivity contribution in [2.24, 2.45) is 5.41 Å². The number of hydrogen-bond acceptors (Lipinski definition) is 1. The second kappa shape index (κ2) is 5.64. The topological polar surface area (TPSA) is 17.8 Å². The van der Waals surface area contributed by atoms with E-state index in [0.29, 0.717) is 5.88 Å². The second-order valence-electron chi connectivity index (χ2n) is 7.84. The van der Waals surface area contributed by atoms with Crippen molar-refractivity contribution in [2.75, 3.05) is 5.88 Å². The normalized spacial score (nSPS) is 13.1. The molecule has 0 atom stereocenters. The molecule has 0 N–H and O–H groups in total. The lowest BCUT2D eigenvalue weighted by molar-refractivity contribution is 0.215. The number of hydrogen-bond donors (Lipinski definition) is 0. The van der Waals surface area contributed by atoms with Gasteiger partial charge in [0.25, 0.3) is 0 Å². The van der Waals surface area contributed by atoms with E-state index in [1.807, 2.05) is 0 Å². The van der Waals surface area contributed by atoms with Crippen molar-refractivity contribution >= 4 is 22.6 Å². The molecule has 0 aliphatic heterocycles. The van der Waals surface area contributed by atoms with Gasteiger partial charge in [0.15, 0.2) is 0 Å². The summed E-state index contributed by atoms with van der Waals surface area (Å²) < 4.78 is 2.40. The Morgan fingerprint density at radius 2 is 1.81 bits per heavy atom. The Kier molecular flexibility index (Phi) is 4.39. The largest absolute Gasteiger partial charge is 0.322 e. The van der Waals surface area contributed by atoms with Gasteiger partial charge in [-0.05, 0) is 50.3 Å². The molecule has 0 bridgehead atoms. The molecule has 0 fully saturated rings. The van der Waals surface area contributed by atoms with E-state index >= 15 is 0 Å². The van der Waals surface area contributed by atoms with Gasteiger partial charge in [0.1, 0.15) is 5.82 Å². The van der Waals surface area contributed by atoms with Crippen molar-refractivity contribution in [3.05, 3.63) is 29.6 Å². The lowest BCUT2D eigenvalue weighted by Gasteiger charge is -2.35. The van der Waals surface area contributed by atoms with E-state index < -0.39 is 0 Å². The summed E-state index contributed by atoms with van der Waals surface area (Å²) in [6.07, 6.45) is 1.90. The quantitative estimate of drug-likeness (QED) is 0.701. The van der Waals surface area contributed by atoms with Gasteiger partial charge in [0.05, 0.1) is 11.0 Å². The average Bonchev–Trinajstić information content (AvgIpc) is 2.63. The number of nitrogens with zero attached hydrogens (tertiary/aromatic N) is 2. The first kappa shape index (κ1) is 16.4. The summed E-state index contributed by atoms with van der Waals surface area (Å²) in [6, 6.07) is 6.52. The van der Waals surface area contributed by atoms with Gasteiger partial charge >= 0.3 is 0 Å². The molecule has 3 heteroatoms. The van der Waals surface area contributed by atoms with E-state index in [4.69, 9.17) is 16.6 Å². The van der Waals surface area contributed by atoms with E-state index in [0.717, 1.165) is 24.2 Å². The fraction of sp³-hybridized carbons (Fsp3) is 0.611. The molecule has 2 nitrogen and oxygen atoms in total. The first-order valence-corrected chi connectivity index (χ1v) is 8.22. The van der Waals surface area contributed by atoms with E-state index in [1.54, 1.807) is 0 Å². The SMILES string of the molecule is Cc1ccc2c(c1)nc(CCCl)n2C(C)(C)CC(C)(C)C. The maximum atomic E-state index is 6.00. The number of imidazole rings is 1. The van der Waals surface area contributed by atoms with Gasteiger partial charge in [0.2, 0.25) is 0 Å². The predicted octanol–water partition coefficient (Wildman–Crippen LogP) is 5.30. The van der Waals surface area contributed by atoms with Crippen LogP contribution in [0.5, 0.6) is 0 Å². The van der Waals surface area contributed by atoms with Crippen LogP contribution in [0.1, 0.15) is 52.4 Å². The van der Waals surface area contributed by atoms with Crippen LogP contribution in [-0.2, 0) is 12.0 Å². The van der Waals surface area contributed by atoms with Crippen molar-refractivity contribution in [3.8, 4) is 0 Å². The Hall–Kier alpha value is -1.02. The lowest BCUT2D eigenvalue weighted by Crippen LogP contribution is -2.32. The Bertz CT molecular complexity index is 632. The molecule has 116 valence electrons. The fourth-order valence-corrected chi connectivity index (χ4v) is 3.71. The minimum Gasteiger partial charge on any atom is -0.322 e. The van der Waals surface area contributed by atoms with E-state index in [9.17, 15) is 0 Å². The molecule has 1 aromatic heterocycles. The van der Waals surface area contributed by atoms with Gasteiger partial charge in [-0.15, -0.1) is 11.6 Å². The highest BCUT2D eigenvalue weighted by Gasteiger charge is 2.30. The number of aromatic nitrogens is 2. The van der Waals surface area contributed by atoms with E-state index in [1.165, 1.54) is 11.1 Å². The molecule has 0 unspecified atom stereocenters. The van der Waals surface area contributed by atoms with Crippen LogP contribution in [0, 0.1) is 12.3 Å². The Morgan fingerprint density at radius 3 is 2.38 bits per heavy atom. The first-order valence-electron chi connectivity index (χ1n) is 7.68. The summed E-state index contributed by atoms with van der Waals surface area (Å²) in [5.41, 5.74) is 3.83. The molecule has 0 saturated carbocycles. The molecule has 2 rings (SSSR count). The number of fused-ring (bicyclic) bond motifs is 1. The highest BCUT2D eigenvalue weighted by atomic mass is 35.5. The molecule has 0 saturated heterocycles. The van der Waals surface area contributed by atoms with Crippen molar-refractivity contribution in [3.63, 3.8) is 0 Å². The van der Waals surface area contributed by atoms with Crippen LogP contribution in [0.4, 0.5) is 0 Å². The smallest absolute Gasteiger partial charge is 0.111 e. The molecule has 0 radical (unpaired) electrons. The third-order valence-corrected chi connectivity index (χ3v) is 3.95. The molecule has 0 aliphatic rings. The number of rotatable bonds is 4. The summed E-state index contributed by atoms with van der Waals surface area (Å²) in [7, 11) is 0. The van der Waals surface area contributed by atoms with Crippen LogP contribution in [0.15, 0.2) is 18.2 Å². The summed E-state index contributed by atoms with van der Waals surface area (Å²) in [4.78, 5) is 4.84. The van der Waals surface area contributed by atoms with Gasteiger partial charge in [-0.1, -0.05) is 26.8 Å². The third-order valence-electron chi connectivity index (χ3n) is 3.77. The molecule has 0 amide bonds. The number of benzene rings is 1. The maximum Gasteiger partial charge on any atom is 0.111 e. The standard InChI is InChI=1S/C18H27ClN2/c1-13-7-8-15-14(11-13)20-16(9-10-19)21(15)18(5,6)12-17(2,3)4/h7-8,11H,9-10,12H2,1-6H3. The first-order chi connectivity index (χ1) is 9.64. The zero-order chi connectivity index (χ0) is 15.8. The second-order valence-corrected chi connectivity index (χ2v) is 8.22. The van der Waals surface area contributed by atoms with Crippen LogP contribution >= 0.6 is 11.6 Å². The van der Waals surface area contributed by atoms with Crippen LogP contribution in [-0.4, -0.2) is 15.4 Å². The molecule has 1 heterocycles. The van der Waals surface area contributed by atoms with E-state index in [2.05, 4.69) is 64.3 Å². The monoisotopic (exact) mass is 306 g/mol. The van der Waals surface area contributed by atoms with Crippen LogP contribution in [0.3, 0.4) is 0 Å². The number of halogens is 1. The van der Waals surface area contributed by atoms with Gasteiger partial charge in [0, 0.05) is 17.8 Å². The highest BCUT2D eigenvalue weighted by molar-refractivity contribution is 6.17. The average molecular weight is 307 g/mol. The van der Waals surface area contributed by atoms with Crippen LogP contribution in [0.2, 0.25) is 0 Å². The molecular formula is C18H27ClN2. The highest BCUT2D eigenvalue weighted by Crippen LogP contribution is 2.36. The number of aryl methyl sites for hydroxylation is 2. The Morgan fingerprint density at radius 1 is 1.14 bits per heavy atom. The third kappa shape index (κ3) is 3.60. The molecule has 2 aromatic rings. The summed E-state index contributed by atoms with van der Waals surface area (Å²) in [5.74, 6) is 1.70. The molecular weight excluding hydrogens is 280 g/mol. The summed E-state index contributed by atoms with van der Waals surface area (Å²) >= 11 is 6.00. The van der Waals surface area contributed by atoms with Crippen molar-refractivity contribution in [2.45, 2.75) is 59.9 Å². The zero-order valence-electron chi connectivity index (χ0n) is 14.1. The predicted molar refractivity (Wildman–Crippen MR) is 92.3 cm³/mol. The Balaban J connectivity index is 2.61. The van der Waals surface area contributed by atoms with E-state index in [-0.39, 0.29) is 11.0 Å². The van der Waals surface area contributed by atoms with Crippen LogP contribution in [0.25, 0.3) is 11.0 Å². The van der Waals surface area contributed by atoms with Gasteiger partial charge in [-0.3, -0.25) is 0 Å². The Labute approximate surface area is 133 Å². The molecule has 0 aliphatic carbocycles. The fourth-order valence-electron chi connectivity index (χ4n) is 3.54. The van der Waals surface area contributed by atoms with Crippen molar-refractivity contribution in [1.82, 2.24) is 9.55 Å².